The lowest BCUT2D eigenvalue weighted by Gasteiger charge is -2.15. The maximum Gasteiger partial charge on any atom is 0.406 e. The minimum Gasteiger partial charge on any atom is -0.298 e. The van der Waals surface area contributed by atoms with Gasteiger partial charge in [-0.1, -0.05) is 11.6 Å². The maximum atomic E-state index is 13.1. The minimum atomic E-state index is -4.55. The molecule has 0 spiro atoms. The van der Waals surface area contributed by atoms with E-state index in [0.29, 0.717) is 31.6 Å². The van der Waals surface area contributed by atoms with E-state index in [2.05, 4.69) is 15.2 Å². The molecule has 3 aromatic heterocycles. The van der Waals surface area contributed by atoms with Crippen molar-refractivity contribution in [3.05, 3.63) is 58.2 Å². The van der Waals surface area contributed by atoms with Crippen molar-refractivity contribution >= 4 is 33.4 Å². The van der Waals surface area contributed by atoms with Crippen LogP contribution in [0.25, 0.3) is 32.9 Å². The minimum absolute atomic E-state index is 0.0782. The van der Waals surface area contributed by atoms with Gasteiger partial charge in [-0.25, -0.2) is 0 Å². The molecule has 0 bridgehead atoms. The summed E-state index contributed by atoms with van der Waals surface area (Å²) in [7, 11) is 0. The second-order valence-electron chi connectivity index (χ2n) is 5.75. The Labute approximate surface area is 149 Å². The van der Waals surface area contributed by atoms with E-state index < -0.39 is 18.3 Å². The molecule has 4 aromatic rings. The Bertz CT molecular complexity index is 1180. The molecule has 0 amide bonds. The van der Waals surface area contributed by atoms with Crippen LogP contribution in [0.5, 0.6) is 0 Å². The van der Waals surface area contributed by atoms with Crippen LogP contribution in [-0.4, -0.2) is 25.9 Å². The second-order valence-corrected chi connectivity index (χ2v) is 6.16. The number of hydrogen-bond donors (Lipinski definition) is 1. The molecule has 1 aromatic carbocycles. The quantitative estimate of drug-likeness (QED) is 0.569. The van der Waals surface area contributed by atoms with Crippen LogP contribution in [0.15, 0.2) is 47.7 Å². The Morgan fingerprint density at radius 1 is 1.15 bits per heavy atom. The summed E-state index contributed by atoms with van der Waals surface area (Å²) in [6.45, 7) is -1.40. The Balaban J connectivity index is 2.12. The third-order valence-electron chi connectivity index (χ3n) is 4.09. The van der Waals surface area contributed by atoms with E-state index in [-0.39, 0.29) is 10.9 Å². The molecule has 3 heterocycles. The van der Waals surface area contributed by atoms with Gasteiger partial charge in [0.05, 0.1) is 22.6 Å². The van der Waals surface area contributed by atoms with Gasteiger partial charge < -0.3 is 0 Å². The van der Waals surface area contributed by atoms with Gasteiger partial charge in [-0.2, -0.15) is 18.3 Å². The highest BCUT2D eigenvalue weighted by Crippen LogP contribution is 2.34. The van der Waals surface area contributed by atoms with Gasteiger partial charge in [-0.3, -0.25) is 19.4 Å². The average molecular weight is 379 g/mol. The summed E-state index contributed by atoms with van der Waals surface area (Å²) in [4.78, 5) is 16.5. The molecule has 26 heavy (non-hydrogen) atoms. The van der Waals surface area contributed by atoms with E-state index in [9.17, 15) is 18.0 Å². The third-order valence-corrected chi connectivity index (χ3v) is 4.40. The maximum absolute atomic E-state index is 13.1. The Kier molecular flexibility index (Phi) is 3.73. The molecule has 0 saturated carbocycles. The lowest BCUT2D eigenvalue weighted by atomic mass is 10.0. The Morgan fingerprint density at radius 3 is 2.58 bits per heavy atom. The number of aromatic nitrogens is 4. The smallest absolute Gasteiger partial charge is 0.298 e. The van der Waals surface area contributed by atoms with E-state index in [1.165, 1.54) is 12.3 Å². The van der Waals surface area contributed by atoms with Crippen LogP contribution < -0.4 is 5.56 Å². The first kappa shape index (κ1) is 16.6. The van der Waals surface area contributed by atoms with Crippen molar-refractivity contribution in [1.29, 1.82) is 0 Å². The molecule has 0 aliphatic carbocycles. The van der Waals surface area contributed by atoms with Crippen LogP contribution in [0.2, 0.25) is 5.02 Å². The van der Waals surface area contributed by atoms with Crippen LogP contribution in [0.1, 0.15) is 0 Å². The summed E-state index contributed by atoms with van der Waals surface area (Å²) < 4.78 is 39.9. The molecule has 0 radical (unpaired) electrons. The largest absolute Gasteiger partial charge is 0.406 e. The number of hydrogen-bond acceptors (Lipinski definition) is 3. The summed E-state index contributed by atoms with van der Waals surface area (Å²) in [5.41, 5.74) is 0.909. The van der Waals surface area contributed by atoms with Crippen molar-refractivity contribution in [1.82, 2.24) is 19.7 Å². The number of benzene rings is 1. The number of alkyl halides is 3. The number of aromatic amines is 1. The lowest BCUT2D eigenvalue weighted by Crippen LogP contribution is -2.28. The molecule has 0 aliphatic rings. The summed E-state index contributed by atoms with van der Waals surface area (Å²) in [6, 6.07) is 6.40. The standard InChI is InChI=1S/C17H10ClF3N4O/c18-13-5-11-14(6-10(13)9-1-3-22-4-2-9)25(8-17(19,20)21)16(26)12-7-23-24-15(11)12/h1-7H,8H2,(H,23,24). The molecular formula is C17H10ClF3N4O. The predicted octanol–water partition coefficient (Wildman–Crippen LogP) is 4.16. The molecule has 0 unspecified atom stereocenters. The lowest BCUT2D eigenvalue weighted by molar-refractivity contribution is -0.140. The van der Waals surface area contributed by atoms with Crippen LogP contribution in [-0.2, 0) is 6.54 Å². The summed E-state index contributed by atoms with van der Waals surface area (Å²) in [5.74, 6) is 0. The Hall–Kier alpha value is -2.87. The zero-order valence-electron chi connectivity index (χ0n) is 13.0. The number of H-pyrrole nitrogens is 1. The van der Waals surface area contributed by atoms with Crippen molar-refractivity contribution < 1.29 is 13.2 Å². The van der Waals surface area contributed by atoms with Gasteiger partial charge in [-0.15, -0.1) is 0 Å². The number of pyridine rings is 2. The SMILES string of the molecule is O=c1c2cn[nH]c2c2cc(Cl)c(-c3ccncc3)cc2n1CC(F)(F)F. The van der Waals surface area contributed by atoms with E-state index >= 15 is 0 Å². The van der Waals surface area contributed by atoms with Crippen molar-refractivity contribution in [2.75, 3.05) is 0 Å². The number of nitrogens with zero attached hydrogens (tertiary/aromatic N) is 3. The topological polar surface area (TPSA) is 63.6 Å². The molecule has 0 aliphatic heterocycles. The summed E-state index contributed by atoms with van der Waals surface area (Å²) in [5, 5.41) is 7.27. The predicted molar refractivity (Wildman–Crippen MR) is 92.2 cm³/mol. The average Bonchev–Trinajstić information content (AvgIpc) is 3.08. The zero-order valence-corrected chi connectivity index (χ0v) is 13.8. The second kappa shape index (κ2) is 5.84. The first-order valence-corrected chi connectivity index (χ1v) is 7.89. The van der Waals surface area contributed by atoms with E-state index in [4.69, 9.17) is 11.6 Å². The van der Waals surface area contributed by atoms with Crippen molar-refractivity contribution in [3.8, 4) is 11.1 Å². The first-order chi connectivity index (χ1) is 12.3. The van der Waals surface area contributed by atoms with Crippen LogP contribution in [0.4, 0.5) is 13.2 Å². The van der Waals surface area contributed by atoms with E-state index in [0.717, 1.165) is 0 Å². The van der Waals surface area contributed by atoms with Gasteiger partial charge >= 0.3 is 6.18 Å². The highest BCUT2D eigenvalue weighted by molar-refractivity contribution is 6.34. The fourth-order valence-electron chi connectivity index (χ4n) is 2.98. The summed E-state index contributed by atoms with van der Waals surface area (Å²) in [6.07, 6.45) is -0.229. The van der Waals surface area contributed by atoms with Gasteiger partial charge in [0.2, 0.25) is 0 Å². The van der Waals surface area contributed by atoms with Gasteiger partial charge in [0.1, 0.15) is 6.54 Å². The fraction of sp³-hybridized carbons (Fsp3) is 0.118. The highest BCUT2D eigenvalue weighted by atomic mass is 35.5. The molecular weight excluding hydrogens is 369 g/mol. The van der Waals surface area contributed by atoms with E-state index in [1.807, 2.05) is 0 Å². The molecule has 0 saturated heterocycles. The van der Waals surface area contributed by atoms with Gasteiger partial charge in [0.25, 0.3) is 5.56 Å². The third kappa shape index (κ3) is 2.72. The van der Waals surface area contributed by atoms with E-state index in [1.54, 1.807) is 30.6 Å². The molecule has 132 valence electrons. The van der Waals surface area contributed by atoms with Crippen molar-refractivity contribution in [3.63, 3.8) is 0 Å². The molecule has 9 heteroatoms. The van der Waals surface area contributed by atoms with Crippen LogP contribution >= 0.6 is 11.6 Å². The molecule has 5 nitrogen and oxygen atoms in total. The number of rotatable bonds is 2. The monoisotopic (exact) mass is 378 g/mol. The van der Waals surface area contributed by atoms with Gasteiger partial charge in [0, 0.05) is 28.4 Å². The molecule has 1 N–H and O–H groups in total. The van der Waals surface area contributed by atoms with Crippen LogP contribution in [0.3, 0.4) is 0 Å². The van der Waals surface area contributed by atoms with Gasteiger partial charge in [0.15, 0.2) is 0 Å². The Morgan fingerprint density at radius 2 is 1.88 bits per heavy atom. The zero-order chi connectivity index (χ0) is 18.5. The number of fused-ring (bicyclic) bond motifs is 3. The van der Waals surface area contributed by atoms with Crippen molar-refractivity contribution in [2.24, 2.45) is 0 Å². The fourth-order valence-corrected chi connectivity index (χ4v) is 3.26. The van der Waals surface area contributed by atoms with Gasteiger partial charge in [-0.05, 0) is 29.8 Å². The highest BCUT2D eigenvalue weighted by Gasteiger charge is 2.30. The number of halogens is 4. The molecule has 0 atom stereocenters. The van der Waals surface area contributed by atoms with Crippen LogP contribution in [0, 0.1) is 0 Å². The molecule has 0 fully saturated rings. The van der Waals surface area contributed by atoms with Crippen molar-refractivity contribution in [2.45, 2.75) is 12.7 Å². The summed E-state index contributed by atoms with van der Waals surface area (Å²) >= 11 is 6.37. The first-order valence-electron chi connectivity index (χ1n) is 7.51. The number of nitrogens with one attached hydrogen (secondary N) is 1. The molecule has 4 rings (SSSR count). The normalized spacial score (nSPS) is 12.2.